The first-order valence-corrected chi connectivity index (χ1v) is 9.60. The second kappa shape index (κ2) is 8.54. The Morgan fingerprint density at radius 3 is 2.39 bits per heavy atom. The average Bonchev–Trinajstić information content (AvgIpc) is 3.39. The van der Waals surface area contributed by atoms with E-state index < -0.39 is 29.0 Å². The number of H-pyrrole nitrogens is 1. The standard InChI is InChI=1S/C21H20N4O6/c26-17(19(27)18-20(25(29)30)24-11-23-18)9-22-21(28)31-10-16-14-7-3-1-5-12(14)13-6-2-4-8-15(13)16/h1-8,11,16-17,19,26-27H,9-10H2,(H,22,28)(H,23,24). The van der Waals surface area contributed by atoms with Crippen molar-refractivity contribution in [3.05, 3.63) is 81.8 Å². The van der Waals surface area contributed by atoms with Gasteiger partial charge in [0.2, 0.25) is 0 Å². The maximum Gasteiger partial charge on any atom is 0.407 e. The number of alkyl carbamates (subject to hydrolysis) is 1. The first-order chi connectivity index (χ1) is 15.0. The third-order valence-corrected chi connectivity index (χ3v) is 5.27. The van der Waals surface area contributed by atoms with Gasteiger partial charge in [0.15, 0.2) is 12.0 Å². The first kappa shape index (κ1) is 20.5. The van der Waals surface area contributed by atoms with Gasteiger partial charge in [0, 0.05) is 12.5 Å². The Labute approximate surface area is 176 Å². The molecule has 1 heterocycles. The molecule has 10 heteroatoms. The third kappa shape index (κ3) is 3.98. The van der Waals surface area contributed by atoms with Gasteiger partial charge in [0.05, 0.1) is 0 Å². The summed E-state index contributed by atoms with van der Waals surface area (Å²) in [4.78, 5) is 28.3. The van der Waals surface area contributed by atoms with Crippen molar-refractivity contribution in [3.63, 3.8) is 0 Å². The summed E-state index contributed by atoms with van der Waals surface area (Å²) in [5.74, 6) is -0.631. The number of hydrogen-bond acceptors (Lipinski definition) is 7. The molecule has 1 amide bonds. The van der Waals surface area contributed by atoms with Crippen LogP contribution in [0.4, 0.5) is 10.6 Å². The molecule has 1 aliphatic rings. The van der Waals surface area contributed by atoms with Crippen molar-refractivity contribution in [2.45, 2.75) is 18.1 Å². The number of aromatic amines is 1. The lowest BCUT2D eigenvalue weighted by Gasteiger charge is -2.18. The molecular formula is C21H20N4O6. The zero-order chi connectivity index (χ0) is 22.0. The summed E-state index contributed by atoms with van der Waals surface area (Å²) >= 11 is 0. The van der Waals surface area contributed by atoms with Crippen molar-refractivity contribution in [2.24, 2.45) is 0 Å². The molecule has 2 unspecified atom stereocenters. The zero-order valence-electron chi connectivity index (χ0n) is 16.3. The summed E-state index contributed by atoms with van der Waals surface area (Å²) in [5, 5.41) is 33.5. The van der Waals surface area contributed by atoms with Crippen LogP contribution in [0.2, 0.25) is 0 Å². The number of imidazole rings is 1. The highest BCUT2D eigenvalue weighted by molar-refractivity contribution is 5.79. The van der Waals surface area contributed by atoms with E-state index in [1.807, 2.05) is 48.5 Å². The number of hydrogen-bond donors (Lipinski definition) is 4. The van der Waals surface area contributed by atoms with Gasteiger partial charge >= 0.3 is 11.9 Å². The van der Waals surface area contributed by atoms with Crippen molar-refractivity contribution in [3.8, 4) is 11.1 Å². The predicted molar refractivity (Wildman–Crippen MR) is 109 cm³/mol. The zero-order valence-corrected chi connectivity index (χ0v) is 16.3. The van der Waals surface area contributed by atoms with E-state index in [-0.39, 0.29) is 24.8 Å². The maximum absolute atomic E-state index is 12.2. The smallest absolute Gasteiger partial charge is 0.407 e. The number of aliphatic hydroxyl groups excluding tert-OH is 2. The molecule has 0 saturated carbocycles. The minimum absolute atomic E-state index is 0.101. The van der Waals surface area contributed by atoms with Crippen LogP contribution < -0.4 is 5.32 Å². The van der Waals surface area contributed by atoms with Gasteiger partial charge in [-0.3, -0.25) is 0 Å². The lowest BCUT2D eigenvalue weighted by Crippen LogP contribution is -2.36. The van der Waals surface area contributed by atoms with E-state index in [1.54, 1.807) is 0 Å². The Hall–Kier alpha value is -3.76. The van der Waals surface area contributed by atoms with Crippen LogP contribution in [-0.2, 0) is 4.74 Å². The maximum atomic E-state index is 12.2. The lowest BCUT2D eigenvalue weighted by atomic mass is 9.98. The molecule has 4 N–H and O–H groups in total. The van der Waals surface area contributed by atoms with E-state index in [1.165, 1.54) is 0 Å². The highest BCUT2D eigenvalue weighted by atomic mass is 16.6. The monoisotopic (exact) mass is 424 g/mol. The van der Waals surface area contributed by atoms with E-state index in [4.69, 9.17) is 4.74 Å². The van der Waals surface area contributed by atoms with E-state index in [2.05, 4.69) is 15.3 Å². The molecule has 4 rings (SSSR count). The fourth-order valence-corrected chi connectivity index (χ4v) is 3.79. The largest absolute Gasteiger partial charge is 0.449 e. The Balaban J connectivity index is 1.35. The summed E-state index contributed by atoms with van der Waals surface area (Å²) in [6, 6.07) is 15.8. The van der Waals surface area contributed by atoms with Gasteiger partial charge in [0.25, 0.3) is 0 Å². The molecule has 1 aliphatic carbocycles. The van der Waals surface area contributed by atoms with Crippen LogP contribution in [0.15, 0.2) is 54.9 Å². The normalized spacial score (nSPS) is 14.4. The summed E-state index contributed by atoms with van der Waals surface area (Å²) in [7, 11) is 0. The number of nitro groups is 1. The van der Waals surface area contributed by atoms with Crippen molar-refractivity contribution < 1.29 is 24.7 Å². The lowest BCUT2D eigenvalue weighted by molar-refractivity contribution is -0.390. The highest BCUT2D eigenvalue weighted by Crippen LogP contribution is 2.44. The number of nitrogens with one attached hydrogen (secondary N) is 2. The molecule has 2 atom stereocenters. The Morgan fingerprint density at radius 2 is 1.77 bits per heavy atom. The number of aromatic nitrogens is 2. The fraction of sp³-hybridized carbons (Fsp3) is 0.238. The SMILES string of the molecule is O=C(NCC(O)C(O)c1nc[nH]c1[N+](=O)[O-])OCC1c2ccccc2-c2ccccc21. The highest BCUT2D eigenvalue weighted by Gasteiger charge is 2.30. The van der Waals surface area contributed by atoms with E-state index in [0.29, 0.717) is 0 Å². The Bertz CT molecular complexity index is 1070. The van der Waals surface area contributed by atoms with Crippen molar-refractivity contribution in [2.75, 3.05) is 13.2 Å². The number of carbonyl (C=O) groups is 1. The van der Waals surface area contributed by atoms with Crippen LogP contribution in [0.3, 0.4) is 0 Å². The van der Waals surface area contributed by atoms with Gasteiger partial charge in [-0.1, -0.05) is 48.5 Å². The van der Waals surface area contributed by atoms with Gasteiger partial charge in [0.1, 0.15) is 18.8 Å². The van der Waals surface area contributed by atoms with Crippen LogP contribution in [0.1, 0.15) is 28.8 Å². The molecule has 0 saturated heterocycles. The van der Waals surface area contributed by atoms with Crippen molar-refractivity contribution in [1.29, 1.82) is 0 Å². The Morgan fingerprint density at radius 1 is 1.16 bits per heavy atom. The molecule has 0 aliphatic heterocycles. The van der Waals surface area contributed by atoms with Crippen LogP contribution >= 0.6 is 0 Å². The van der Waals surface area contributed by atoms with E-state index in [0.717, 1.165) is 28.6 Å². The molecule has 10 nitrogen and oxygen atoms in total. The number of amides is 1. The number of rotatable bonds is 7. The summed E-state index contributed by atoms with van der Waals surface area (Å²) in [6.07, 6.45) is -2.89. The topological polar surface area (TPSA) is 151 Å². The molecule has 31 heavy (non-hydrogen) atoms. The van der Waals surface area contributed by atoms with Gasteiger partial charge < -0.3 is 30.4 Å². The first-order valence-electron chi connectivity index (χ1n) is 9.60. The molecule has 3 aromatic rings. The molecule has 0 radical (unpaired) electrons. The molecule has 0 spiro atoms. The molecule has 160 valence electrons. The van der Waals surface area contributed by atoms with Crippen LogP contribution in [-0.4, -0.2) is 50.5 Å². The van der Waals surface area contributed by atoms with Crippen LogP contribution in [0.25, 0.3) is 11.1 Å². The van der Waals surface area contributed by atoms with Crippen molar-refractivity contribution in [1.82, 2.24) is 15.3 Å². The minimum atomic E-state index is -1.65. The summed E-state index contributed by atoms with van der Waals surface area (Å²) in [6.45, 7) is -0.273. The van der Waals surface area contributed by atoms with Gasteiger partial charge in [-0.2, -0.15) is 0 Å². The molecule has 0 fully saturated rings. The Kier molecular flexibility index (Phi) is 5.65. The molecular weight excluding hydrogens is 404 g/mol. The summed E-state index contributed by atoms with van der Waals surface area (Å²) < 4.78 is 5.35. The second-order valence-corrected chi connectivity index (χ2v) is 7.11. The van der Waals surface area contributed by atoms with E-state index >= 15 is 0 Å². The second-order valence-electron chi connectivity index (χ2n) is 7.11. The molecule has 2 aromatic carbocycles. The number of carbonyl (C=O) groups excluding carboxylic acids is 1. The summed E-state index contributed by atoms with van der Waals surface area (Å²) in [5.41, 5.74) is 4.03. The minimum Gasteiger partial charge on any atom is -0.449 e. The average molecular weight is 424 g/mol. The predicted octanol–water partition coefficient (Wildman–Crippen LogP) is 2.25. The van der Waals surface area contributed by atoms with Gasteiger partial charge in [-0.25, -0.2) is 14.8 Å². The number of aliphatic hydroxyl groups is 2. The number of fused-ring (bicyclic) bond motifs is 3. The molecule has 1 aromatic heterocycles. The fourth-order valence-electron chi connectivity index (χ4n) is 3.79. The number of ether oxygens (including phenoxy) is 1. The van der Waals surface area contributed by atoms with Gasteiger partial charge in [-0.15, -0.1) is 0 Å². The van der Waals surface area contributed by atoms with Crippen molar-refractivity contribution >= 4 is 11.9 Å². The number of benzene rings is 2. The quantitative estimate of drug-likeness (QED) is 0.335. The third-order valence-electron chi connectivity index (χ3n) is 5.27. The van der Waals surface area contributed by atoms with Crippen LogP contribution in [0, 0.1) is 10.1 Å². The number of nitrogens with zero attached hydrogens (tertiary/aromatic N) is 2. The van der Waals surface area contributed by atoms with Gasteiger partial charge in [-0.05, 0) is 27.2 Å². The van der Waals surface area contributed by atoms with Crippen LogP contribution in [0.5, 0.6) is 0 Å². The molecule has 0 bridgehead atoms. The van der Waals surface area contributed by atoms with E-state index in [9.17, 15) is 25.1 Å².